The second-order valence-corrected chi connectivity index (χ2v) is 5.62. The summed E-state index contributed by atoms with van der Waals surface area (Å²) in [6.07, 6.45) is 2.50. The molecule has 0 aliphatic heterocycles. The van der Waals surface area contributed by atoms with Crippen LogP contribution in [0, 0.1) is 5.41 Å². The van der Waals surface area contributed by atoms with Gasteiger partial charge in [0.25, 0.3) is 0 Å². The van der Waals surface area contributed by atoms with E-state index in [-0.39, 0.29) is 5.41 Å². The van der Waals surface area contributed by atoms with Crippen molar-refractivity contribution in [2.45, 2.75) is 34.1 Å². The highest BCUT2D eigenvalue weighted by Gasteiger charge is 2.15. The first-order valence-corrected chi connectivity index (χ1v) is 6.50. The van der Waals surface area contributed by atoms with Crippen LogP contribution in [0.4, 0.5) is 11.5 Å². The van der Waals surface area contributed by atoms with Crippen LogP contribution in [-0.4, -0.2) is 24.1 Å². The number of rotatable bonds is 5. The molecule has 0 aromatic carbocycles. The number of pyridine rings is 1. The molecule has 0 fully saturated rings. The smallest absolute Gasteiger partial charge is 0.341 e. The van der Waals surface area contributed by atoms with E-state index in [4.69, 9.17) is 10.5 Å². The van der Waals surface area contributed by atoms with Crippen molar-refractivity contribution in [3.63, 3.8) is 0 Å². The number of nitrogens with zero attached hydrogens (tertiary/aromatic N) is 1. The SMILES string of the molecule is CCOC(=O)c1cc(N)cnc1NCCC(C)(C)C. The Morgan fingerprint density at radius 3 is 2.74 bits per heavy atom. The Kier molecular flexibility index (Phi) is 5.15. The number of esters is 1. The van der Waals surface area contributed by atoms with E-state index in [1.54, 1.807) is 13.0 Å². The summed E-state index contributed by atoms with van der Waals surface area (Å²) < 4.78 is 5.00. The van der Waals surface area contributed by atoms with Gasteiger partial charge in [0.05, 0.1) is 18.5 Å². The molecule has 1 heterocycles. The average molecular weight is 265 g/mol. The molecule has 0 spiro atoms. The van der Waals surface area contributed by atoms with Gasteiger partial charge < -0.3 is 15.8 Å². The van der Waals surface area contributed by atoms with Crippen LogP contribution in [0.2, 0.25) is 0 Å². The molecule has 1 rings (SSSR count). The molecule has 1 aromatic rings. The number of nitrogens with one attached hydrogen (secondary N) is 1. The van der Waals surface area contributed by atoms with Crippen LogP contribution in [0.1, 0.15) is 44.5 Å². The fourth-order valence-corrected chi connectivity index (χ4v) is 1.54. The summed E-state index contributed by atoms with van der Waals surface area (Å²) in [7, 11) is 0. The number of anilines is 2. The number of nitrogens with two attached hydrogens (primary N) is 1. The number of aromatic nitrogens is 1. The van der Waals surface area contributed by atoms with Crippen molar-refractivity contribution in [1.82, 2.24) is 4.98 Å². The molecule has 5 nitrogen and oxygen atoms in total. The molecule has 0 radical (unpaired) electrons. The van der Waals surface area contributed by atoms with Crippen molar-refractivity contribution in [1.29, 1.82) is 0 Å². The number of ether oxygens (including phenoxy) is 1. The van der Waals surface area contributed by atoms with Crippen molar-refractivity contribution in [3.05, 3.63) is 17.8 Å². The van der Waals surface area contributed by atoms with E-state index in [1.165, 1.54) is 6.20 Å². The van der Waals surface area contributed by atoms with Gasteiger partial charge in [0, 0.05) is 6.54 Å². The van der Waals surface area contributed by atoms with E-state index in [2.05, 4.69) is 31.1 Å². The molecule has 0 atom stereocenters. The van der Waals surface area contributed by atoms with Crippen molar-refractivity contribution >= 4 is 17.5 Å². The number of carbonyl (C=O) groups is 1. The Labute approximate surface area is 114 Å². The van der Waals surface area contributed by atoms with Crippen LogP contribution < -0.4 is 11.1 Å². The van der Waals surface area contributed by atoms with Gasteiger partial charge >= 0.3 is 5.97 Å². The lowest BCUT2D eigenvalue weighted by molar-refractivity contribution is 0.0527. The fourth-order valence-electron chi connectivity index (χ4n) is 1.54. The van der Waals surface area contributed by atoms with Gasteiger partial charge in [0.1, 0.15) is 11.4 Å². The van der Waals surface area contributed by atoms with Gasteiger partial charge in [-0.25, -0.2) is 9.78 Å². The lowest BCUT2D eigenvalue weighted by Gasteiger charge is -2.19. The molecule has 3 N–H and O–H groups in total. The fraction of sp³-hybridized carbons (Fsp3) is 0.571. The average Bonchev–Trinajstić information content (AvgIpc) is 2.29. The number of hydrogen-bond donors (Lipinski definition) is 2. The van der Waals surface area contributed by atoms with E-state index < -0.39 is 5.97 Å². The van der Waals surface area contributed by atoms with Gasteiger partial charge in [-0.05, 0) is 24.8 Å². The minimum atomic E-state index is -0.402. The lowest BCUT2D eigenvalue weighted by atomic mass is 9.92. The molecular weight excluding hydrogens is 242 g/mol. The zero-order chi connectivity index (χ0) is 14.5. The van der Waals surface area contributed by atoms with Crippen LogP contribution in [0.3, 0.4) is 0 Å². The van der Waals surface area contributed by atoms with E-state index >= 15 is 0 Å². The van der Waals surface area contributed by atoms with Crippen LogP contribution in [-0.2, 0) is 4.74 Å². The second-order valence-electron chi connectivity index (χ2n) is 5.62. The molecule has 0 saturated carbocycles. The highest BCUT2D eigenvalue weighted by atomic mass is 16.5. The third-order valence-corrected chi connectivity index (χ3v) is 2.57. The van der Waals surface area contributed by atoms with Crippen LogP contribution in [0.25, 0.3) is 0 Å². The van der Waals surface area contributed by atoms with Gasteiger partial charge in [0.2, 0.25) is 0 Å². The zero-order valence-electron chi connectivity index (χ0n) is 12.1. The van der Waals surface area contributed by atoms with E-state index in [0.29, 0.717) is 23.7 Å². The largest absolute Gasteiger partial charge is 0.462 e. The second kappa shape index (κ2) is 6.41. The van der Waals surface area contributed by atoms with Gasteiger partial charge in [-0.1, -0.05) is 20.8 Å². The first-order valence-electron chi connectivity index (χ1n) is 6.50. The molecule has 0 aliphatic carbocycles. The van der Waals surface area contributed by atoms with Crippen molar-refractivity contribution in [3.8, 4) is 0 Å². The van der Waals surface area contributed by atoms with Crippen LogP contribution in [0.5, 0.6) is 0 Å². The number of nitrogen functional groups attached to an aromatic ring is 1. The number of hydrogen-bond acceptors (Lipinski definition) is 5. The standard InChI is InChI=1S/C14H23N3O2/c1-5-19-13(18)11-8-10(15)9-17-12(11)16-7-6-14(2,3)4/h8-9H,5-7,15H2,1-4H3,(H,16,17). The van der Waals surface area contributed by atoms with E-state index in [0.717, 1.165) is 13.0 Å². The summed E-state index contributed by atoms with van der Waals surface area (Å²) in [4.78, 5) is 16.0. The van der Waals surface area contributed by atoms with E-state index in [9.17, 15) is 4.79 Å². The maximum absolute atomic E-state index is 11.8. The molecule has 0 amide bonds. The molecule has 0 bridgehead atoms. The maximum atomic E-state index is 11.8. The van der Waals surface area contributed by atoms with Crippen LogP contribution in [0.15, 0.2) is 12.3 Å². The normalized spacial score (nSPS) is 11.2. The van der Waals surface area contributed by atoms with Gasteiger partial charge in [0.15, 0.2) is 0 Å². The Balaban J connectivity index is 2.79. The molecule has 0 aliphatic rings. The number of carbonyl (C=O) groups excluding carboxylic acids is 1. The topological polar surface area (TPSA) is 77.2 Å². The summed E-state index contributed by atoms with van der Waals surface area (Å²) in [5, 5.41) is 3.17. The van der Waals surface area contributed by atoms with Crippen molar-refractivity contribution in [2.75, 3.05) is 24.2 Å². The minimum absolute atomic E-state index is 0.227. The van der Waals surface area contributed by atoms with Crippen molar-refractivity contribution < 1.29 is 9.53 Å². The zero-order valence-corrected chi connectivity index (χ0v) is 12.1. The first-order chi connectivity index (χ1) is 8.83. The quantitative estimate of drug-likeness (QED) is 0.800. The Hall–Kier alpha value is -1.78. The predicted molar refractivity (Wildman–Crippen MR) is 77.2 cm³/mol. The summed E-state index contributed by atoms with van der Waals surface area (Å²) in [5.74, 6) is 0.123. The highest BCUT2D eigenvalue weighted by molar-refractivity contribution is 5.95. The highest BCUT2D eigenvalue weighted by Crippen LogP contribution is 2.20. The minimum Gasteiger partial charge on any atom is -0.462 e. The Morgan fingerprint density at radius 2 is 2.16 bits per heavy atom. The van der Waals surface area contributed by atoms with Gasteiger partial charge in [-0.2, -0.15) is 0 Å². The Bertz CT molecular complexity index is 439. The molecular formula is C14H23N3O2. The van der Waals surface area contributed by atoms with Gasteiger partial charge in [-0.3, -0.25) is 0 Å². The third-order valence-electron chi connectivity index (χ3n) is 2.57. The van der Waals surface area contributed by atoms with E-state index in [1.807, 2.05) is 0 Å². The van der Waals surface area contributed by atoms with Crippen molar-refractivity contribution in [2.24, 2.45) is 5.41 Å². The first kappa shape index (κ1) is 15.3. The summed E-state index contributed by atoms with van der Waals surface area (Å²) in [6, 6.07) is 1.59. The summed E-state index contributed by atoms with van der Waals surface area (Å²) in [6.45, 7) is 9.33. The van der Waals surface area contributed by atoms with Gasteiger partial charge in [-0.15, -0.1) is 0 Å². The summed E-state index contributed by atoms with van der Waals surface area (Å²) in [5.41, 5.74) is 6.72. The predicted octanol–water partition coefficient (Wildman–Crippen LogP) is 2.69. The molecule has 5 heteroatoms. The molecule has 19 heavy (non-hydrogen) atoms. The molecule has 0 unspecified atom stereocenters. The summed E-state index contributed by atoms with van der Waals surface area (Å²) >= 11 is 0. The lowest BCUT2D eigenvalue weighted by Crippen LogP contribution is -2.16. The maximum Gasteiger partial charge on any atom is 0.341 e. The molecule has 0 saturated heterocycles. The third kappa shape index (κ3) is 5.16. The monoisotopic (exact) mass is 265 g/mol. The Morgan fingerprint density at radius 1 is 1.47 bits per heavy atom. The van der Waals surface area contributed by atoms with Crippen LogP contribution >= 0.6 is 0 Å². The molecule has 106 valence electrons. The molecule has 1 aromatic heterocycles.